The Bertz CT molecular complexity index is 1510. The second-order valence-electron chi connectivity index (χ2n) is 8.18. The molecule has 0 N–H and O–H groups in total. The summed E-state index contributed by atoms with van der Waals surface area (Å²) in [4.78, 5) is 4.74. The number of hydrogen-bond donors (Lipinski definition) is 0. The number of nitriles is 1. The van der Waals surface area contributed by atoms with Crippen molar-refractivity contribution in [3.05, 3.63) is 114 Å². The molecule has 0 aliphatic carbocycles. The molecule has 0 aliphatic rings. The summed E-state index contributed by atoms with van der Waals surface area (Å²) in [5.74, 6) is 0.515. The van der Waals surface area contributed by atoms with Crippen LogP contribution in [0.25, 0.3) is 33.2 Å². The zero-order chi connectivity index (χ0) is 23.5. The van der Waals surface area contributed by atoms with Crippen LogP contribution >= 0.6 is 0 Å². The smallest absolute Gasteiger partial charge is 0.135 e. The lowest BCUT2D eigenvalue weighted by atomic mass is 9.96. The second kappa shape index (κ2) is 9.30. The lowest BCUT2D eigenvalue weighted by Crippen LogP contribution is -2.01. The minimum atomic E-state index is -0.262. The third-order valence-electron chi connectivity index (χ3n) is 5.90. The SMILES string of the molecule is Cn1cc(-c2ccc(F)c(-c3cccc4ccccc34)c2)nc1COCc1ccc(C#N)cc1. The highest BCUT2D eigenvalue weighted by Crippen LogP contribution is 2.33. The molecule has 5 rings (SSSR count). The molecular weight excluding hydrogens is 425 g/mol. The fraction of sp³-hybridized carbons (Fsp3) is 0.103. The highest BCUT2D eigenvalue weighted by molar-refractivity contribution is 5.97. The Kier molecular flexibility index (Phi) is 5.90. The van der Waals surface area contributed by atoms with Crippen LogP contribution in [0.15, 0.2) is 91.1 Å². The Balaban J connectivity index is 1.38. The largest absolute Gasteiger partial charge is 0.369 e. The third kappa shape index (κ3) is 4.32. The van der Waals surface area contributed by atoms with Crippen LogP contribution in [0.4, 0.5) is 4.39 Å². The minimum absolute atomic E-state index is 0.262. The summed E-state index contributed by atoms with van der Waals surface area (Å²) >= 11 is 0. The summed E-state index contributed by atoms with van der Waals surface area (Å²) in [6.45, 7) is 0.767. The van der Waals surface area contributed by atoms with Gasteiger partial charge in [0.2, 0.25) is 0 Å². The van der Waals surface area contributed by atoms with E-state index in [1.807, 2.05) is 78.5 Å². The van der Waals surface area contributed by atoms with Crippen molar-refractivity contribution in [2.24, 2.45) is 7.05 Å². The van der Waals surface area contributed by atoms with Crippen LogP contribution in [0.5, 0.6) is 0 Å². The second-order valence-corrected chi connectivity index (χ2v) is 8.18. The van der Waals surface area contributed by atoms with Gasteiger partial charge in [0, 0.05) is 24.4 Å². The Morgan fingerprint density at radius 2 is 1.71 bits per heavy atom. The quantitative estimate of drug-likeness (QED) is 0.293. The molecule has 34 heavy (non-hydrogen) atoms. The lowest BCUT2D eigenvalue weighted by Gasteiger charge is -2.09. The summed E-state index contributed by atoms with van der Waals surface area (Å²) in [7, 11) is 1.92. The fourth-order valence-corrected chi connectivity index (χ4v) is 4.06. The molecule has 0 saturated heterocycles. The van der Waals surface area contributed by atoms with Crippen molar-refractivity contribution in [3.63, 3.8) is 0 Å². The van der Waals surface area contributed by atoms with Gasteiger partial charge in [0.15, 0.2) is 0 Å². The number of benzene rings is 4. The molecule has 0 amide bonds. The zero-order valence-electron chi connectivity index (χ0n) is 18.7. The van der Waals surface area contributed by atoms with Gasteiger partial charge in [-0.2, -0.15) is 5.26 Å². The molecule has 0 bridgehead atoms. The maximum atomic E-state index is 14.9. The Hall–Kier alpha value is -4.27. The predicted octanol–water partition coefficient (Wildman–Crippen LogP) is 6.63. The van der Waals surface area contributed by atoms with E-state index in [1.165, 1.54) is 6.07 Å². The van der Waals surface area contributed by atoms with E-state index < -0.39 is 0 Å². The number of aryl methyl sites for hydroxylation is 1. The van der Waals surface area contributed by atoms with Gasteiger partial charge in [-0.05, 0) is 52.2 Å². The number of aromatic nitrogens is 2. The van der Waals surface area contributed by atoms with E-state index in [0.29, 0.717) is 24.3 Å². The van der Waals surface area contributed by atoms with Gasteiger partial charge in [-0.25, -0.2) is 9.37 Å². The van der Waals surface area contributed by atoms with Gasteiger partial charge in [-0.3, -0.25) is 0 Å². The summed E-state index contributed by atoms with van der Waals surface area (Å²) in [5, 5.41) is 11.0. The Labute approximate surface area is 197 Å². The number of imidazole rings is 1. The van der Waals surface area contributed by atoms with Crippen LogP contribution in [-0.4, -0.2) is 9.55 Å². The topological polar surface area (TPSA) is 50.8 Å². The van der Waals surface area contributed by atoms with Crippen molar-refractivity contribution in [1.82, 2.24) is 9.55 Å². The molecule has 0 saturated carbocycles. The van der Waals surface area contributed by atoms with Gasteiger partial charge in [-0.1, -0.05) is 54.6 Å². The molecule has 1 heterocycles. The van der Waals surface area contributed by atoms with Crippen molar-refractivity contribution in [3.8, 4) is 28.5 Å². The van der Waals surface area contributed by atoms with Gasteiger partial charge in [0.25, 0.3) is 0 Å². The molecule has 0 unspecified atom stereocenters. The number of ether oxygens (including phenoxy) is 1. The van der Waals surface area contributed by atoms with Gasteiger partial charge < -0.3 is 9.30 Å². The number of fused-ring (bicyclic) bond motifs is 1. The van der Waals surface area contributed by atoms with Crippen LogP contribution < -0.4 is 0 Å². The van der Waals surface area contributed by atoms with Gasteiger partial charge in [-0.15, -0.1) is 0 Å². The average molecular weight is 448 g/mol. The fourth-order valence-electron chi connectivity index (χ4n) is 4.06. The van der Waals surface area contributed by atoms with E-state index in [9.17, 15) is 4.39 Å². The average Bonchev–Trinajstić information content (AvgIpc) is 3.24. The number of nitrogens with zero attached hydrogens (tertiary/aromatic N) is 3. The highest BCUT2D eigenvalue weighted by atomic mass is 19.1. The van der Waals surface area contributed by atoms with Crippen molar-refractivity contribution in [1.29, 1.82) is 5.26 Å². The summed E-state index contributed by atoms with van der Waals surface area (Å²) in [5.41, 5.74) is 4.64. The molecule has 0 aliphatic heterocycles. The van der Waals surface area contributed by atoms with E-state index in [0.717, 1.165) is 39.0 Å². The summed E-state index contributed by atoms with van der Waals surface area (Å²) < 4.78 is 22.7. The molecule has 0 fully saturated rings. The van der Waals surface area contributed by atoms with Crippen molar-refractivity contribution >= 4 is 10.8 Å². The monoisotopic (exact) mass is 447 g/mol. The van der Waals surface area contributed by atoms with Crippen molar-refractivity contribution < 1.29 is 9.13 Å². The Morgan fingerprint density at radius 3 is 2.53 bits per heavy atom. The van der Waals surface area contributed by atoms with Crippen molar-refractivity contribution in [2.45, 2.75) is 13.2 Å². The molecule has 0 atom stereocenters. The molecule has 5 heteroatoms. The number of rotatable bonds is 6. The molecule has 1 aromatic heterocycles. The third-order valence-corrected chi connectivity index (χ3v) is 5.90. The van der Waals surface area contributed by atoms with E-state index in [4.69, 9.17) is 15.0 Å². The van der Waals surface area contributed by atoms with Crippen LogP contribution in [0.2, 0.25) is 0 Å². The highest BCUT2D eigenvalue weighted by Gasteiger charge is 2.13. The van der Waals surface area contributed by atoms with Crippen molar-refractivity contribution in [2.75, 3.05) is 0 Å². The normalized spacial score (nSPS) is 11.0. The first kappa shape index (κ1) is 21.6. The lowest BCUT2D eigenvalue weighted by molar-refractivity contribution is 0.1000. The molecule has 0 spiro atoms. The summed E-state index contributed by atoms with van der Waals surface area (Å²) in [6.07, 6.45) is 1.93. The molecule has 0 radical (unpaired) electrons. The maximum Gasteiger partial charge on any atom is 0.135 e. The van der Waals surface area contributed by atoms with E-state index >= 15 is 0 Å². The maximum absolute atomic E-state index is 14.9. The van der Waals surface area contributed by atoms with E-state index in [2.05, 4.69) is 6.07 Å². The summed E-state index contributed by atoms with van der Waals surface area (Å²) in [6, 6.07) is 28.5. The number of halogens is 1. The van der Waals surface area contributed by atoms with E-state index in [1.54, 1.807) is 18.2 Å². The molecule has 166 valence electrons. The van der Waals surface area contributed by atoms with Crippen LogP contribution in [0, 0.1) is 17.1 Å². The first-order chi connectivity index (χ1) is 16.6. The van der Waals surface area contributed by atoms with Gasteiger partial charge >= 0.3 is 0 Å². The minimum Gasteiger partial charge on any atom is -0.369 e. The number of hydrogen-bond acceptors (Lipinski definition) is 3. The molecule has 5 aromatic rings. The molecule has 4 aromatic carbocycles. The van der Waals surface area contributed by atoms with Gasteiger partial charge in [0.05, 0.1) is 23.9 Å². The van der Waals surface area contributed by atoms with Crippen LogP contribution in [-0.2, 0) is 25.0 Å². The first-order valence-electron chi connectivity index (χ1n) is 11.0. The zero-order valence-corrected chi connectivity index (χ0v) is 18.7. The molecular formula is C29H22FN3O. The standard InChI is InChI=1S/C29H22FN3O/c1-33-17-28(32-29(33)19-34-18-21-11-9-20(16-31)10-12-21)23-13-14-27(30)26(15-23)25-8-4-6-22-5-2-3-7-24(22)25/h2-15,17H,18-19H2,1H3. The Morgan fingerprint density at radius 1 is 0.912 bits per heavy atom. The molecule has 4 nitrogen and oxygen atoms in total. The van der Waals surface area contributed by atoms with Crippen LogP contribution in [0.1, 0.15) is 17.0 Å². The first-order valence-corrected chi connectivity index (χ1v) is 11.0. The predicted molar refractivity (Wildman–Crippen MR) is 131 cm³/mol. The van der Waals surface area contributed by atoms with Gasteiger partial charge in [0.1, 0.15) is 18.2 Å². The van der Waals surface area contributed by atoms with Crippen LogP contribution in [0.3, 0.4) is 0 Å². The van der Waals surface area contributed by atoms with E-state index in [-0.39, 0.29) is 5.82 Å².